The average Bonchev–Trinajstić information content (AvgIpc) is 3.05. The smallest absolute Gasteiger partial charge is 0.276 e. The highest BCUT2D eigenvalue weighted by Crippen LogP contribution is 2.22. The van der Waals surface area contributed by atoms with Gasteiger partial charge in [0.15, 0.2) is 11.5 Å². The molecule has 6 nitrogen and oxygen atoms in total. The number of amides is 1. The number of aromatic nitrogens is 2. The van der Waals surface area contributed by atoms with Gasteiger partial charge in [-0.05, 0) is 31.4 Å². The van der Waals surface area contributed by atoms with E-state index >= 15 is 0 Å². The second-order valence-electron chi connectivity index (χ2n) is 5.20. The summed E-state index contributed by atoms with van der Waals surface area (Å²) in [7, 11) is 0. The van der Waals surface area contributed by atoms with Crippen molar-refractivity contribution in [3.8, 4) is 11.3 Å². The molecule has 1 atom stereocenters. The molecule has 2 aromatic heterocycles. The molecule has 1 aliphatic rings. The first-order valence-corrected chi connectivity index (χ1v) is 7.17. The zero-order valence-electron chi connectivity index (χ0n) is 11.7. The predicted octanol–water partition coefficient (Wildman–Crippen LogP) is 1.69. The van der Waals surface area contributed by atoms with E-state index in [0.29, 0.717) is 18.0 Å². The van der Waals surface area contributed by atoms with Crippen molar-refractivity contribution < 1.29 is 9.32 Å². The maximum atomic E-state index is 12.5. The Labute approximate surface area is 122 Å². The Morgan fingerprint density at radius 1 is 1.38 bits per heavy atom. The monoisotopic (exact) mass is 286 g/mol. The van der Waals surface area contributed by atoms with Gasteiger partial charge in [0.25, 0.3) is 5.91 Å². The second kappa shape index (κ2) is 6.05. The van der Waals surface area contributed by atoms with Gasteiger partial charge in [-0.2, -0.15) is 0 Å². The Morgan fingerprint density at radius 3 is 2.95 bits per heavy atom. The van der Waals surface area contributed by atoms with Gasteiger partial charge in [-0.25, -0.2) is 0 Å². The molecular formula is C15H18N4O2. The normalized spacial score (nSPS) is 18.7. The molecule has 2 aromatic rings. The summed E-state index contributed by atoms with van der Waals surface area (Å²) in [6.07, 6.45) is 6.43. The third-order valence-corrected chi connectivity index (χ3v) is 3.85. The van der Waals surface area contributed by atoms with E-state index in [-0.39, 0.29) is 11.9 Å². The Morgan fingerprint density at radius 2 is 2.19 bits per heavy atom. The fraction of sp³-hybridized carbons (Fsp3) is 0.400. The molecule has 21 heavy (non-hydrogen) atoms. The van der Waals surface area contributed by atoms with Crippen LogP contribution in [0.5, 0.6) is 0 Å². The van der Waals surface area contributed by atoms with Crippen molar-refractivity contribution in [3.63, 3.8) is 0 Å². The summed E-state index contributed by atoms with van der Waals surface area (Å²) in [5.74, 6) is 0.469. The molecule has 3 heterocycles. The van der Waals surface area contributed by atoms with Gasteiger partial charge < -0.3 is 15.2 Å². The average molecular weight is 286 g/mol. The van der Waals surface area contributed by atoms with Crippen LogP contribution in [-0.2, 0) is 0 Å². The van der Waals surface area contributed by atoms with Crippen molar-refractivity contribution in [1.82, 2.24) is 15.0 Å². The van der Waals surface area contributed by atoms with Gasteiger partial charge >= 0.3 is 0 Å². The molecule has 1 saturated heterocycles. The van der Waals surface area contributed by atoms with Gasteiger partial charge in [0.2, 0.25) is 0 Å². The number of hydrogen-bond acceptors (Lipinski definition) is 5. The van der Waals surface area contributed by atoms with Crippen molar-refractivity contribution in [3.05, 3.63) is 36.3 Å². The first kappa shape index (κ1) is 13.8. The van der Waals surface area contributed by atoms with Crippen LogP contribution in [0.25, 0.3) is 11.3 Å². The molecule has 1 amide bonds. The lowest BCUT2D eigenvalue weighted by atomic mass is 10.0. The van der Waals surface area contributed by atoms with E-state index in [1.807, 2.05) is 17.0 Å². The first-order valence-electron chi connectivity index (χ1n) is 7.17. The number of hydrogen-bond donors (Lipinski definition) is 1. The minimum atomic E-state index is -0.103. The predicted molar refractivity (Wildman–Crippen MR) is 77.5 cm³/mol. The second-order valence-corrected chi connectivity index (χ2v) is 5.20. The fourth-order valence-electron chi connectivity index (χ4n) is 2.69. The third-order valence-electron chi connectivity index (χ3n) is 3.85. The third kappa shape index (κ3) is 2.80. The maximum Gasteiger partial charge on any atom is 0.276 e. The summed E-state index contributed by atoms with van der Waals surface area (Å²) < 4.78 is 5.28. The van der Waals surface area contributed by atoms with Crippen LogP contribution in [0, 0.1) is 0 Å². The fourth-order valence-corrected chi connectivity index (χ4v) is 2.69. The lowest BCUT2D eigenvalue weighted by molar-refractivity contribution is 0.0613. The van der Waals surface area contributed by atoms with Crippen LogP contribution in [0.15, 0.2) is 35.1 Å². The molecule has 3 rings (SSSR count). The molecule has 0 saturated carbocycles. The number of nitrogens with two attached hydrogens (primary N) is 1. The molecule has 6 heteroatoms. The minimum Gasteiger partial charge on any atom is -0.355 e. The van der Waals surface area contributed by atoms with Gasteiger partial charge in [0.05, 0.1) is 0 Å². The van der Waals surface area contributed by atoms with Crippen molar-refractivity contribution >= 4 is 5.91 Å². The van der Waals surface area contributed by atoms with Gasteiger partial charge in [-0.15, -0.1) is 0 Å². The minimum absolute atomic E-state index is 0.103. The van der Waals surface area contributed by atoms with Gasteiger partial charge in [-0.1, -0.05) is 5.16 Å². The van der Waals surface area contributed by atoms with E-state index in [4.69, 9.17) is 10.3 Å². The Kier molecular flexibility index (Phi) is 3.96. The Balaban J connectivity index is 1.81. The highest BCUT2D eigenvalue weighted by Gasteiger charge is 2.28. The molecule has 0 aliphatic carbocycles. The van der Waals surface area contributed by atoms with E-state index < -0.39 is 0 Å². The number of carbonyl (C=O) groups is 1. The molecule has 110 valence electrons. The van der Waals surface area contributed by atoms with E-state index in [1.165, 1.54) is 0 Å². The van der Waals surface area contributed by atoms with Gasteiger partial charge in [-0.3, -0.25) is 9.78 Å². The van der Waals surface area contributed by atoms with Crippen LogP contribution < -0.4 is 5.73 Å². The number of nitrogens with zero attached hydrogens (tertiary/aromatic N) is 3. The van der Waals surface area contributed by atoms with Crippen molar-refractivity contribution in [2.45, 2.75) is 25.3 Å². The van der Waals surface area contributed by atoms with E-state index in [2.05, 4.69) is 10.1 Å². The maximum absolute atomic E-state index is 12.5. The molecule has 0 unspecified atom stereocenters. The van der Waals surface area contributed by atoms with Gasteiger partial charge in [0, 0.05) is 43.2 Å². The van der Waals surface area contributed by atoms with Crippen molar-refractivity contribution in [1.29, 1.82) is 0 Å². The van der Waals surface area contributed by atoms with Crippen LogP contribution >= 0.6 is 0 Å². The van der Waals surface area contributed by atoms with Crippen LogP contribution in [0.4, 0.5) is 0 Å². The summed E-state index contributed by atoms with van der Waals surface area (Å²) in [6, 6.07) is 5.42. The SMILES string of the molecule is NC[C@@H]1CCCCN1C(=O)c1cc(-c2ccncc2)on1. The quantitative estimate of drug-likeness (QED) is 0.928. The zero-order valence-corrected chi connectivity index (χ0v) is 11.7. The molecule has 1 fully saturated rings. The van der Waals surface area contributed by atoms with Crippen molar-refractivity contribution in [2.24, 2.45) is 5.73 Å². The van der Waals surface area contributed by atoms with Crippen LogP contribution in [0.2, 0.25) is 0 Å². The number of carbonyl (C=O) groups excluding carboxylic acids is 1. The summed E-state index contributed by atoms with van der Waals surface area (Å²) >= 11 is 0. The largest absolute Gasteiger partial charge is 0.355 e. The first-order chi connectivity index (χ1) is 10.3. The number of likely N-dealkylation sites (tertiary alicyclic amines) is 1. The number of pyridine rings is 1. The van der Waals surface area contributed by atoms with E-state index in [9.17, 15) is 4.79 Å². The molecule has 0 bridgehead atoms. The molecule has 0 aromatic carbocycles. The summed E-state index contributed by atoms with van der Waals surface area (Å²) in [5.41, 5.74) is 6.95. The van der Waals surface area contributed by atoms with E-state index in [1.54, 1.807) is 18.5 Å². The molecule has 2 N–H and O–H groups in total. The summed E-state index contributed by atoms with van der Waals surface area (Å²) in [4.78, 5) is 18.3. The Bertz CT molecular complexity index is 611. The van der Waals surface area contributed by atoms with Crippen molar-refractivity contribution in [2.75, 3.05) is 13.1 Å². The number of piperidine rings is 1. The van der Waals surface area contributed by atoms with Crippen LogP contribution in [-0.4, -0.2) is 40.1 Å². The topological polar surface area (TPSA) is 85.2 Å². The zero-order chi connectivity index (χ0) is 14.7. The standard InChI is InChI=1S/C15H18N4O2/c16-10-12-3-1-2-8-19(12)15(20)13-9-14(21-18-13)11-4-6-17-7-5-11/h4-7,9,12H,1-3,8,10,16H2/t12-/m0/s1. The highest BCUT2D eigenvalue weighted by molar-refractivity contribution is 5.93. The molecule has 1 aliphatic heterocycles. The van der Waals surface area contributed by atoms with E-state index in [0.717, 1.165) is 31.4 Å². The van der Waals surface area contributed by atoms with Crippen LogP contribution in [0.3, 0.4) is 0 Å². The summed E-state index contributed by atoms with van der Waals surface area (Å²) in [6.45, 7) is 1.22. The molecule has 0 spiro atoms. The lowest BCUT2D eigenvalue weighted by Gasteiger charge is -2.34. The molecule has 0 radical (unpaired) electrons. The van der Waals surface area contributed by atoms with Gasteiger partial charge in [0.1, 0.15) is 0 Å². The lowest BCUT2D eigenvalue weighted by Crippen LogP contribution is -2.47. The number of rotatable bonds is 3. The highest BCUT2D eigenvalue weighted by atomic mass is 16.5. The summed E-state index contributed by atoms with van der Waals surface area (Å²) in [5, 5.41) is 3.91. The Hall–Kier alpha value is -2.21. The molecular weight excluding hydrogens is 268 g/mol. The van der Waals surface area contributed by atoms with Crippen LogP contribution in [0.1, 0.15) is 29.8 Å².